The van der Waals surface area contributed by atoms with Gasteiger partial charge in [-0.25, -0.2) is 9.69 Å². The quantitative estimate of drug-likeness (QED) is 0.636. The van der Waals surface area contributed by atoms with E-state index in [0.717, 1.165) is 44.2 Å². The van der Waals surface area contributed by atoms with E-state index in [-0.39, 0.29) is 28.6 Å². The Morgan fingerprint density at radius 3 is 2.50 bits per heavy atom. The van der Waals surface area contributed by atoms with Crippen LogP contribution < -0.4 is 0 Å². The molecule has 0 aromatic carbocycles. The lowest BCUT2D eigenvalue weighted by atomic mass is 9.49. The number of carbonyl (C=O) groups excluding carboxylic acids is 3. The van der Waals surface area contributed by atoms with Gasteiger partial charge in [-0.05, 0) is 61.7 Å². The Bertz CT molecular complexity index is 737. The van der Waals surface area contributed by atoms with Crippen molar-refractivity contribution in [2.45, 2.75) is 58.8 Å². The van der Waals surface area contributed by atoms with E-state index in [1.165, 1.54) is 19.1 Å². The van der Waals surface area contributed by atoms with Crippen molar-refractivity contribution in [3.8, 4) is 0 Å². The number of allylic oxidation sites excluding steroid dienone is 2. The van der Waals surface area contributed by atoms with Gasteiger partial charge in [0.1, 0.15) is 0 Å². The molecule has 1 unspecified atom stereocenters. The van der Waals surface area contributed by atoms with E-state index in [9.17, 15) is 14.4 Å². The third-order valence-corrected chi connectivity index (χ3v) is 8.62. The highest BCUT2D eigenvalue weighted by Crippen LogP contribution is 2.66. The Morgan fingerprint density at radius 1 is 1.07 bits per heavy atom. The molecule has 1 saturated heterocycles. The number of nitrogens with zero attached hydrogens (tertiary/aromatic N) is 1. The van der Waals surface area contributed by atoms with Crippen molar-refractivity contribution in [3.05, 3.63) is 11.8 Å². The number of imide groups is 1. The van der Waals surface area contributed by atoms with Crippen LogP contribution in [0.4, 0.5) is 4.79 Å². The Morgan fingerprint density at radius 2 is 1.82 bits per heavy atom. The number of fused-ring (bicyclic) bond motifs is 5. The highest BCUT2D eigenvalue weighted by Gasteiger charge is 2.61. The molecule has 0 bridgehead atoms. The minimum absolute atomic E-state index is 0.0114. The van der Waals surface area contributed by atoms with Crippen molar-refractivity contribution in [2.75, 3.05) is 14.2 Å². The summed E-state index contributed by atoms with van der Waals surface area (Å²) in [4.78, 5) is 38.4. The molecule has 6 heteroatoms. The zero-order chi connectivity index (χ0) is 20.3. The smallest absolute Gasteiger partial charge is 0.420 e. The van der Waals surface area contributed by atoms with Crippen molar-refractivity contribution >= 4 is 18.0 Å². The number of methoxy groups -OCH3 is 2. The molecule has 1 aliphatic heterocycles. The average Bonchev–Trinajstić information content (AvgIpc) is 3.04. The standard InChI is InChI=1S/C22H31NO5/c1-21-11-9-15-13(14(21)6-7-16(21)19(25)27-3)5-8-17-22(15,2)12-10-18(24)23(17)20(26)28-4/h8,13-16H,5-7,9-12H2,1-4H3/t13-,14-,15+,16?,21-,22+/m0/s1. The maximum Gasteiger partial charge on any atom is 0.420 e. The van der Waals surface area contributed by atoms with Gasteiger partial charge in [0.2, 0.25) is 5.91 Å². The van der Waals surface area contributed by atoms with E-state index in [1.807, 2.05) is 0 Å². The fourth-order valence-corrected chi connectivity index (χ4v) is 7.17. The largest absolute Gasteiger partial charge is 0.469 e. The Kier molecular flexibility index (Phi) is 4.59. The third-order valence-electron chi connectivity index (χ3n) is 8.62. The first kappa shape index (κ1) is 19.5. The molecule has 3 aliphatic carbocycles. The summed E-state index contributed by atoms with van der Waals surface area (Å²) in [5.41, 5.74) is 0.626. The maximum absolute atomic E-state index is 12.5. The first-order valence-electron chi connectivity index (χ1n) is 10.5. The molecule has 0 radical (unpaired) electrons. The molecular weight excluding hydrogens is 358 g/mol. The van der Waals surface area contributed by atoms with Crippen molar-refractivity contribution < 1.29 is 23.9 Å². The van der Waals surface area contributed by atoms with E-state index in [0.29, 0.717) is 24.2 Å². The average molecular weight is 389 g/mol. The summed E-state index contributed by atoms with van der Waals surface area (Å²) in [5, 5.41) is 0. The number of esters is 1. The van der Waals surface area contributed by atoms with Crippen LogP contribution in [0.25, 0.3) is 0 Å². The zero-order valence-electron chi connectivity index (χ0n) is 17.3. The molecule has 28 heavy (non-hydrogen) atoms. The summed E-state index contributed by atoms with van der Waals surface area (Å²) in [6.07, 6.45) is 7.49. The van der Waals surface area contributed by atoms with Crippen LogP contribution in [0.3, 0.4) is 0 Å². The fraction of sp³-hybridized carbons (Fsp3) is 0.773. The number of hydrogen-bond acceptors (Lipinski definition) is 5. The molecule has 6 nitrogen and oxygen atoms in total. The second-order valence-corrected chi connectivity index (χ2v) is 9.52. The van der Waals surface area contributed by atoms with Gasteiger partial charge < -0.3 is 9.47 Å². The van der Waals surface area contributed by atoms with Crippen LogP contribution in [-0.4, -0.2) is 37.1 Å². The summed E-state index contributed by atoms with van der Waals surface area (Å²) >= 11 is 0. The van der Waals surface area contributed by atoms with Crippen LogP contribution in [-0.2, 0) is 19.1 Å². The third kappa shape index (κ3) is 2.49. The molecule has 3 fully saturated rings. The molecule has 0 aromatic heterocycles. The molecule has 154 valence electrons. The van der Waals surface area contributed by atoms with Crippen LogP contribution in [0.15, 0.2) is 11.8 Å². The predicted molar refractivity (Wildman–Crippen MR) is 102 cm³/mol. The highest BCUT2D eigenvalue weighted by atomic mass is 16.5. The van der Waals surface area contributed by atoms with Gasteiger partial charge in [-0.1, -0.05) is 19.9 Å². The zero-order valence-corrected chi connectivity index (χ0v) is 17.3. The lowest BCUT2D eigenvalue weighted by Crippen LogP contribution is -2.55. The van der Waals surface area contributed by atoms with Gasteiger partial charge in [0.25, 0.3) is 0 Å². The van der Waals surface area contributed by atoms with Gasteiger partial charge in [0.05, 0.1) is 20.1 Å². The molecule has 0 aromatic rings. The van der Waals surface area contributed by atoms with Gasteiger partial charge in [-0.3, -0.25) is 9.59 Å². The summed E-state index contributed by atoms with van der Waals surface area (Å²) in [7, 11) is 2.81. The number of likely N-dealkylation sites (tertiary alicyclic amines) is 1. The first-order valence-corrected chi connectivity index (χ1v) is 10.5. The van der Waals surface area contributed by atoms with E-state index in [1.54, 1.807) is 0 Å². The number of rotatable bonds is 1. The van der Waals surface area contributed by atoms with Crippen molar-refractivity contribution in [1.29, 1.82) is 0 Å². The van der Waals surface area contributed by atoms with Crippen molar-refractivity contribution in [3.63, 3.8) is 0 Å². The highest BCUT2D eigenvalue weighted by molar-refractivity contribution is 5.95. The number of amides is 2. The van der Waals surface area contributed by atoms with E-state index in [2.05, 4.69) is 19.9 Å². The predicted octanol–water partition coefficient (Wildman–Crippen LogP) is 3.90. The van der Waals surface area contributed by atoms with Gasteiger partial charge >= 0.3 is 12.1 Å². The Balaban J connectivity index is 1.68. The minimum Gasteiger partial charge on any atom is -0.469 e. The molecular formula is C22H31NO5. The topological polar surface area (TPSA) is 72.9 Å². The van der Waals surface area contributed by atoms with Gasteiger partial charge in [-0.15, -0.1) is 0 Å². The first-order chi connectivity index (χ1) is 13.3. The molecule has 1 heterocycles. The van der Waals surface area contributed by atoms with Gasteiger partial charge in [-0.2, -0.15) is 0 Å². The lowest BCUT2D eigenvalue weighted by molar-refractivity contribution is -0.153. The summed E-state index contributed by atoms with van der Waals surface area (Å²) < 4.78 is 10.0. The number of carbonyl (C=O) groups is 3. The molecule has 6 atom stereocenters. The van der Waals surface area contributed by atoms with Gasteiger partial charge in [0, 0.05) is 17.5 Å². The van der Waals surface area contributed by atoms with E-state index in [4.69, 9.17) is 9.47 Å². The van der Waals surface area contributed by atoms with E-state index < -0.39 is 6.09 Å². The molecule has 2 amide bonds. The fourth-order valence-electron chi connectivity index (χ4n) is 7.17. The summed E-state index contributed by atoms with van der Waals surface area (Å²) in [5.74, 6) is 1.13. The normalized spacial score (nSPS) is 42.1. The second kappa shape index (κ2) is 6.60. The number of ether oxygens (including phenoxy) is 2. The van der Waals surface area contributed by atoms with Crippen LogP contribution >= 0.6 is 0 Å². The Labute approximate surface area is 166 Å². The van der Waals surface area contributed by atoms with Gasteiger partial charge in [0.15, 0.2) is 0 Å². The van der Waals surface area contributed by atoms with Crippen molar-refractivity contribution in [1.82, 2.24) is 4.90 Å². The minimum atomic E-state index is -0.576. The number of piperidine rings is 1. The van der Waals surface area contributed by atoms with Crippen LogP contribution in [0.5, 0.6) is 0 Å². The molecule has 0 N–H and O–H groups in total. The summed E-state index contributed by atoms with van der Waals surface area (Å²) in [6, 6.07) is 0. The number of hydrogen-bond donors (Lipinski definition) is 0. The summed E-state index contributed by atoms with van der Waals surface area (Å²) in [6.45, 7) is 4.49. The van der Waals surface area contributed by atoms with Crippen LogP contribution in [0.2, 0.25) is 0 Å². The van der Waals surface area contributed by atoms with Crippen LogP contribution in [0, 0.1) is 34.5 Å². The van der Waals surface area contributed by atoms with E-state index >= 15 is 0 Å². The van der Waals surface area contributed by atoms with Crippen molar-refractivity contribution in [2.24, 2.45) is 34.5 Å². The maximum atomic E-state index is 12.5. The SMILES string of the molecule is COC(=O)C1CC[C@H]2[C@@H]3CC=C4N(C(=O)OC)C(=O)CC[C@]4(C)[C@@H]3CC[C@]12C. The molecule has 2 saturated carbocycles. The molecule has 4 aliphatic rings. The van der Waals surface area contributed by atoms with Crippen LogP contribution in [0.1, 0.15) is 58.8 Å². The Hall–Kier alpha value is -1.85. The molecule has 0 spiro atoms. The monoisotopic (exact) mass is 389 g/mol. The molecule has 4 rings (SSSR count). The lowest BCUT2D eigenvalue weighted by Gasteiger charge is -2.58. The second-order valence-electron chi connectivity index (χ2n) is 9.52.